The number of aromatic nitrogens is 2. The van der Waals surface area contributed by atoms with E-state index in [9.17, 15) is 0 Å². The molecule has 0 atom stereocenters. The molecule has 2 N–H and O–H groups in total. The van der Waals surface area contributed by atoms with Crippen molar-refractivity contribution in [2.75, 3.05) is 0 Å². The number of hydrogen-bond acceptors (Lipinski definition) is 3. The summed E-state index contributed by atoms with van der Waals surface area (Å²) in [5, 5.41) is 4.26. The number of fused-ring (bicyclic) bond motifs is 2. The van der Waals surface area contributed by atoms with E-state index in [1.54, 1.807) is 6.33 Å². The fourth-order valence-corrected chi connectivity index (χ4v) is 4.05. The SMILES string of the molecule is Clc1cc(CNC2Cc3ccccc3C2)ccc1Oc1ccc2nc[nH]c2c1. The van der Waals surface area contributed by atoms with Crippen molar-refractivity contribution in [2.24, 2.45) is 0 Å². The molecular weight excluding hydrogens is 370 g/mol. The predicted octanol–water partition coefficient (Wildman–Crippen LogP) is 5.27. The molecule has 0 saturated carbocycles. The van der Waals surface area contributed by atoms with Crippen molar-refractivity contribution in [1.29, 1.82) is 0 Å². The molecule has 0 unspecified atom stereocenters. The first-order chi connectivity index (χ1) is 13.7. The lowest BCUT2D eigenvalue weighted by atomic mass is 10.1. The third kappa shape index (κ3) is 3.49. The Morgan fingerprint density at radius 3 is 2.64 bits per heavy atom. The monoisotopic (exact) mass is 389 g/mol. The highest BCUT2D eigenvalue weighted by molar-refractivity contribution is 6.32. The van der Waals surface area contributed by atoms with E-state index in [-0.39, 0.29) is 0 Å². The van der Waals surface area contributed by atoms with Crippen LogP contribution in [0, 0.1) is 0 Å². The summed E-state index contributed by atoms with van der Waals surface area (Å²) >= 11 is 6.47. The molecular formula is C23H20ClN3O. The maximum absolute atomic E-state index is 6.47. The van der Waals surface area contributed by atoms with Gasteiger partial charge in [-0.3, -0.25) is 0 Å². The minimum atomic E-state index is 0.480. The minimum absolute atomic E-state index is 0.480. The van der Waals surface area contributed by atoms with Crippen molar-refractivity contribution >= 4 is 22.6 Å². The molecule has 0 radical (unpaired) electrons. The van der Waals surface area contributed by atoms with Gasteiger partial charge in [0.25, 0.3) is 0 Å². The summed E-state index contributed by atoms with van der Waals surface area (Å²) < 4.78 is 5.96. The molecule has 3 aromatic carbocycles. The zero-order valence-electron chi connectivity index (χ0n) is 15.3. The van der Waals surface area contributed by atoms with Crippen molar-refractivity contribution in [1.82, 2.24) is 15.3 Å². The Morgan fingerprint density at radius 1 is 1.04 bits per heavy atom. The zero-order chi connectivity index (χ0) is 18.9. The molecule has 140 valence electrons. The zero-order valence-corrected chi connectivity index (χ0v) is 16.0. The van der Waals surface area contributed by atoms with E-state index < -0.39 is 0 Å². The van der Waals surface area contributed by atoms with E-state index in [0.717, 1.165) is 41.7 Å². The Hall–Kier alpha value is -2.82. The first-order valence-electron chi connectivity index (χ1n) is 9.44. The maximum Gasteiger partial charge on any atom is 0.146 e. The van der Waals surface area contributed by atoms with Crippen molar-refractivity contribution < 1.29 is 4.74 Å². The molecule has 4 aromatic rings. The molecule has 1 aromatic heterocycles. The van der Waals surface area contributed by atoms with Gasteiger partial charge in [-0.15, -0.1) is 0 Å². The van der Waals surface area contributed by atoms with Gasteiger partial charge in [0.15, 0.2) is 0 Å². The summed E-state index contributed by atoms with van der Waals surface area (Å²) in [5.41, 5.74) is 5.91. The van der Waals surface area contributed by atoms with Gasteiger partial charge in [-0.05, 0) is 53.8 Å². The van der Waals surface area contributed by atoms with Crippen LogP contribution in [0.3, 0.4) is 0 Å². The number of H-pyrrole nitrogens is 1. The number of aromatic amines is 1. The molecule has 5 rings (SSSR count). The quantitative estimate of drug-likeness (QED) is 0.489. The summed E-state index contributed by atoms with van der Waals surface area (Å²) in [6.45, 7) is 0.790. The number of nitrogens with zero attached hydrogens (tertiary/aromatic N) is 1. The molecule has 5 heteroatoms. The van der Waals surface area contributed by atoms with E-state index in [1.165, 1.54) is 11.1 Å². The van der Waals surface area contributed by atoms with E-state index in [0.29, 0.717) is 16.8 Å². The van der Waals surface area contributed by atoms with E-state index in [2.05, 4.69) is 45.6 Å². The predicted molar refractivity (Wildman–Crippen MR) is 112 cm³/mol. The summed E-state index contributed by atoms with van der Waals surface area (Å²) in [7, 11) is 0. The Balaban J connectivity index is 1.23. The highest BCUT2D eigenvalue weighted by Gasteiger charge is 2.20. The molecule has 0 saturated heterocycles. The normalized spacial score (nSPS) is 13.8. The van der Waals surface area contributed by atoms with Crippen molar-refractivity contribution in [2.45, 2.75) is 25.4 Å². The molecule has 0 fully saturated rings. The minimum Gasteiger partial charge on any atom is -0.456 e. The van der Waals surface area contributed by atoms with Gasteiger partial charge in [-0.25, -0.2) is 4.98 Å². The Morgan fingerprint density at radius 2 is 1.86 bits per heavy atom. The Labute approximate surface area is 168 Å². The first-order valence-corrected chi connectivity index (χ1v) is 9.82. The van der Waals surface area contributed by atoms with Crippen molar-refractivity contribution in [3.8, 4) is 11.5 Å². The molecule has 1 heterocycles. The van der Waals surface area contributed by atoms with Gasteiger partial charge in [0, 0.05) is 18.7 Å². The highest BCUT2D eigenvalue weighted by atomic mass is 35.5. The van der Waals surface area contributed by atoms with Crippen molar-refractivity contribution in [3.05, 3.63) is 88.7 Å². The Bertz CT molecular complexity index is 1110. The van der Waals surface area contributed by atoms with Gasteiger partial charge < -0.3 is 15.0 Å². The Kier molecular flexibility index (Phi) is 4.51. The number of rotatable bonds is 5. The van der Waals surface area contributed by atoms with Gasteiger partial charge in [-0.2, -0.15) is 0 Å². The van der Waals surface area contributed by atoms with Crippen LogP contribution in [0.1, 0.15) is 16.7 Å². The van der Waals surface area contributed by atoms with Gasteiger partial charge in [0.05, 0.1) is 22.4 Å². The maximum atomic E-state index is 6.47. The fraction of sp³-hybridized carbons (Fsp3) is 0.174. The molecule has 0 spiro atoms. The van der Waals surface area contributed by atoms with Gasteiger partial charge >= 0.3 is 0 Å². The van der Waals surface area contributed by atoms with Gasteiger partial charge in [0.2, 0.25) is 0 Å². The van der Waals surface area contributed by atoms with Gasteiger partial charge in [-0.1, -0.05) is 41.9 Å². The standard InChI is InChI=1S/C23H20ClN3O/c24-20-9-15(13-25-18-10-16-3-1-2-4-17(16)11-18)5-8-23(20)28-19-6-7-21-22(12-19)27-14-26-21/h1-9,12,14,18,25H,10-11,13H2,(H,26,27). The highest BCUT2D eigenvalue weighted by Crippen LogP contribution is 2.31. The molecule has 4 nitrogen and oxygen atoms in total. The van der Waals surface area contributed by atoms with E-state index in [1.807, 2.05) is 30.3 Å². The number of nitrogens with one attached hydrogen (secondary N) is 2. The van der Waals surface area contributed by atoms with Crippen LogP contribution >= 0.6 is 11.6 Å². The van der Waals surface area contributed by atoms with Crippen LogP contribution in [0.15, 0.2) is 67.0 Å². The third-order valence-corrected chi connectivity index (χ3v) is 5.56. The molecule has 1 aliphatic rings. The first kappa shape index (κ1) is 17.3. The average Bonchev–Trinajstić information content (AvgIpc) is 3.34. The summed E-state index contributed by atoms with van der Waals surface area (Å²) in [6.07, 6.45) is 3.84. The molecule has 1 aliphatic carbocycles. The second-order valence-corrected chi connectivity index (χ2v) is 7.61. The number of ether oxygens (including phenoxy) is 1. The summed E-state index contributed by atoms with van der Waals surface area (Å²) in [5.74, 6) is 1.38. The molecule has 28 heavy (non-hydrogen) atoms. The van der Waals surface area contributed by atoms with E-state index >= 15 is 0 Å². The fourth-order valence-electron chi connectivity index (χ4n) is 3.81. The number of halogens is 1. The molecule has 0 amide bonds. The topological polar surface area (TPSA) is 49.9 Å². The van der Waals surface area contributed by atoms with Crippen LogP contribution in [-0.4, -0.2) is 16.0 Å². The van der Waals surface area contributed by atoms with E-state index in [4.69, 9.17) is 16.3 Å². The van der Waals surface area contributed by atoms with Crippen LogP contribution in [-0.2, 0) is 19.4 Å². The van der Waals surface area contributed by atoms with Crippen LogP contribution in [0.2, 0.25) is 5.02 Å². The van der Waals surface area contributed by atoms with Crippen LogP contribution < -0.4 is 10.1 Å². The second-order valence-electron chi connectivity index (χ2n) is 7.20. The third-order valence-electron chi connectivity index (χ3n) is 5.26. The lowest BCUT2D eigenvalue weighted by Crippen LogP contribution is -2.28. The van der Waals surface area contributed by atoms with Crippen molar-refractivity contribution in [3.63, 3.8) is 0 Å². The number of hydrogen-bond donors (Lipinski definition) is 2. The lowest BCUT2D eigenvalue weighted by Gasteiger charge is -2.13. The summed E-state index contributed by atoms with van der Waals surface area (Å²) in [4.78, 5) is 7.31. The van der Waals surface area contributed by atoms with Crippen LogP contribution in [0.4, 0.5) is 0 Å². The average molecular weight is 390 g/mol. The molecule has 0 bridgehead atoms. The number of benzene rings is 3. The number of imidazole rings is 1. The van der Waals surface area contributed by atoms with Crippen LogP contribution in [0.5, 0.6) is 11.5 Å². The summed E-state index contributed by atoms with van der Waals surface area (Å²) in [6, 6.07) is 20.9. The smallest absolute Gasteiger partial charge is 0.146 e. The second kappa shape index (κ2) is 7.30. The van der Waals surface area contributed by atoms with Crippen LogP contribution in [0.25, 0.3) is 11.0 Å². The lowest BCUT2D eigenvalue weighted by molar-refractivity contribution is 0.483. The largest absolute Gasteiger partial charge is 0.456 e. The van der Waals surface area contributed by atoms with Gasteiger partial charge in [0.1, 0.15) is 11.5 Å². The molecule has 0 aliphatic heterocycles.